The average Bonchev–Trinajstić information content (AvgIpc) is 3.49. The third-order valence-corrected chi connectivity index (χ3v) is 10.6. The number of Topliss-reactive ketones (excluding diaryl/α,β-unsaturated/α-hetero) is 1. The minimum absolute atomic E-state index is 0.127. The smallest absolute Gasteiger partial charge is 0.391 e. The number of benzene rings is 5. The van der Waals surface area contributed by atoms with Crippen molar-refractivity contribution in [2.75, 3.05) is 25.0 Å². The molecule has 0 atom stereocenters. The summed E-state index contributed by atoms with van der Waals surface area (Å²) < 4.78 is 79.9. The van der Waals surface area contributed by atoms with Crippen LogP contribution in [0.15, 0.2) is 127 Å². The van der Waals surface area contributed by atoms with Crippen LogP contribution in [0.25, 0.3) is 22.3 Å². The van der Waals surface area contributed by atoms with E-state index in [2.05, 4.69) is 16.0 Å². The van der Waals surface area contributed by atoms with E-state index in [0.29, 0.717) is 66.6 Å². The molecular weight excluding hydrogens is 753 g/mol. The molecule has 0 aliphatic heterocycles. The van der Waals surface area contributed by atoms with Gasteiger partial charge in [-0.3, -0.25) is 9.59 Å². The lowest BCUT2D eigenvalue weighted by atomic mass is 9.73. The van der Waals surface area contributed by atoms with Gasteiger partial charge in [0.05, 0.1) is 5.56 Å². The van der Waals surface area contributed by atoms with Gasteiger partial charge in [-0.2, -0.15) is 26.3 Å². The lowest BCUT2D eigenvalue weighted by molar-refractivity contribution is -0.141. The third kappa shape index (κ3) is 9.47. The second kappa shape index (κ2) is 17.7. The Hall–Kier alpha value is -5.84. The maximum atomic E-state index is 13.8. The van der Waals surface area contributed by atoms with Crippen molar-refractivity contribution in [3.05, 3.63) is 160 Å². The fourth-order valence-electron chi connectivity index (χ4n) is 7.87. The number of anilines is 1. The number of fused-ring (bicyclic) bond motifs is 3. The molecule has 1 aliphatic carbocycles. The zero-order valence-electron chi connectivity index (χ0n) is 32.3. The first kappa shape index (κ1) is 41.8. The van der Waals surface area contributed by atoms with Gasteiger partial charge in [0.1, 0.15) is 12.0 Å². The number of halogens is 6. The van der Waals surface area contributed by atoms with Gasteiger partial charge in [-0.05, 0) is 108 Å². The number of rotatable bonds is 16. The first-order chi connectivity index (χ1) is 27.7. The maximum absolute atomic E-state index is 13.8. The lowest BCUT2D eigenvalue weighted by Gasteiger charge is -2.31. The summed E-state index contributed by atoms with van der Waals surface area (Å²) in [5, 5.41) is 8.94. The van der Waals surface area contributed by atoms with E-state index in [0.717, 1.165) is 45.6 Å². The number of unbranched alkanes of at least 4 members (excludes halogenated alkanes) is 1. The van der Waals surface area contributed by atoms with E-state index in [1.807, 2.05) is 86.8 Å². The quantitative estimate of drug-likeness (QED) is 0.0528. The molecule has 1 amide bonds. The van der Waals surface area contributed by atoms with Crippen LogP contribution in [0.4, 0.5) is 32.0 Å². The molecule has 0 radical (unpaired) electrons. The number of nitrogens with one attached hydrogen (secondary N) is 3. The first-order valence-corrected chi connectivity index (χ1v) is 19.2. The van der Waals surface area contributed by atoms with Crippen LogP contribution in [-0.4, -0.2) is 37.5 Å². The number of ketones is 1. The van der Waals surface area contributed by atoms with E-state index in [1.165, 1.54) is 6.07 Å². The Morgan fingerprint density at radius 3 is 2.03 bits per heavy atom. The largest absolute Gasteiger partial charge is 0.416 e. The molecule has 5 aromatic carbocycles. The molecule has 0 heterocycles. The van der Waals surface area contributed by atoms with Gasteiger partial charge in [-0.25, -0.2) is 0 Å². The predicted octanol–water partition coefficient (Wildman–Crippen LogP) is 11.2. The van der Waals surface area contributed by atoms with Crippen LogP contribution < -0.4 is 16.0 Å². The molecule has 5 nitrogen and oxygen atoms in total. The van der Waals surface area contributed by atoms with E-state index >= 15 is 0 Å². The topological polar surface area (TPSA) is 70.2 Å². The van der Waals surface area contributed by atoms with Crippen LogP contribution >= 0.6 is 0 Å². The highest BCUT2D eigenvalue weighted by atomic mass is 19.4. The number of hydrogen-bond acceptors (Lipinski definition) is 4. The standard InChI is InChI=1S/C47H45F6N3O2/c1-31(29-54-25-10-9-24-45(44(58)56-30-46(48,49)50)40-20-7-5-17-36(40)37-18-6-8-21-41(37)45)27-39-32(2)13-11-22-42(39)55-26-23-43(57)38-19-4-3-16-35(38)33-14-12-15-34(28-33)47(51,52)53/h3-8,11-22,28-29,54-55H,9-10,23-27,30H2,1-2H3,(H,56,58). The fraction of sp³-hybridized carbons (Fsp3) is 0.277. The van der Waals surface area contributed by atoms with Crippen LogP contribution in [0.1, 0.15) is 70.8 Å². The first-order valence-electron chi connectivity index (χ1n) is 19.2. The van der Waals surface area contributed by atoms with Crippen LogP contribution in [0, 0.1) is 6.92 Å². The molecule has 0 aromatic heterocycles. The number of carbonyl (C=O) groups is 2. The zero-order chi connectivity index (χ0) is 41.5. The van der Waals surface area contributed by atoms with Gasteiger partial charge in [-0.1, -0.05) is 103 Å². The summed E-state index contributed by atoms with van der Waals surface area (Å²) in [6.45, 7) is 3.52. The second-order valence-corrected chi connectivity index (χ2v) is 14.7. The van der Waals surface area contributed by atoms with Crippen molar-refractivity contribution in [3.63, 3.8) is 0 Å². The Kier molecular flexibility index (Phi) is 12.8. The van der Waals surface area contributed by atoms with E-state index in [1.54, 1.807) is 30.3 Å². The van der Waals surface area contributed by atoms with E-state index in [4.69, 9.17) is 0 Å². The summed E-state index contributed by atoms with van der Waals surface area (Å²) in [6.07, 6.45) is -4.76. The molecule has 0 bridgehead atoms. The van der Waals surface area contributed by atoms with Crippen LogP contribution in [0.2, 0.25) is 0 Å². The van der Waals surface area contributed by atoms with Crippen molar-refractivity contribution in [2.24, 2.45) is 0 Å². The molecule has 1 aliphatic rings. The predicted molar refractivity (Wildman–Crippen MR) is 217 cm³/mol. The number of aryl methyl sites for hydroxylation is 1. The maximum Gasteiger partial charge on any atom is 0.416 e. The Bertz CT molecular complexity index is 2250. The summed E-state index contributed by atoms with van der Waals surface area (Å²) in [7, 11) is 0. The number of amides is 1. The van der Waals surface area contributed by atoms with Crippen molar-refractivity contribution in [3.8, 4) is 22.3 Å². The molecule has 5 aromatic rings. The number of alkyl halides is 6. The third-order valence-electron chi connectivity index (χ3n) is 10.6. The van der Waals surface area contributed by atoms with Gasteiger partial charge in [-0.15, -0.1) is 0 Å². The Balaban J connectivity index is 1.06. The molecule has 0 saturated carbocycles. The van der Waals surface area contributed by atoms with Gasteiger partial charge in [0.25, 0.3) is 0 Å². The van der Waals surface area contributed by atoms with Crippen LogP contribution in [0.5, 0.6) is 0 Å². The molecule has 0 spiro atoms. The molecule has 11 heteroatoms. The summed E-state index contributed by atoms with van der Waals surface area (Å²) in [4.78, 5) is 27.1. The van der Waals surface area contributed by atoms with Gasteiger partial charge in [0, 0.05) is 30.8 Å². The molecule has 0 fully saturated rings. The summed E-state index contributed by atoms with van der Waals surface area (Å²) in [5.41, 5.74) is 6.29. The highest BCUT2D eigenvalue weighted by molar-refractivity contribution is 6.03. The molecule has 3 N–H and O–H groups in total. The minimum Gasteiger partial charge on any atom is -0.391 e. The van der Waals surface area contributed by atoms with Crippen molar-refractivity contribution in [1.82, 2.24) is 10.6 Å². The minimum atomic E-state index is -4.54. The second-order valence-electron chi connectivity index (χ2n) is 14.7. The van der Waals surface area contributed by atoms with Crippen molar-refractivity contribution < 1.29 is 35.9 Å². The SMILES string of the molecule is CC(=CNCCCCC1(C(=O)NCC(F)(F)F)c2ccccc2-c2ccccc21)Cc1c(C)cccc1NCCC(=O)c1ccccc1-c1cccc(C(F)(F)F)c1. The Labute approximate surface area is 334 Å². The highest BCUT2D eigenvalue weighted by Gasteiger charge is 2.49. The van der Waals surface area contributed by atoms with Crippen LogP contribution in [0.3, 0.4) is 0 Å². The zero-order valence-corrected chi connectivity index (χ0v) is 32.3. The molecule has 0 unspecified atom stereocenters. The monoisotopic (exact) mass is 797 g/mol. The van der Waals surface area contributed by atoms with Crippen molar-refractivity contribution in [2.45, 2.75) is 63.7 Å². The molecular formula is C47H45F6N3O2. The van der Waals surface area contributed by atoms with Crippen LogP contribution in [-0.2, 0) is 22.8 Å². The molecule has 6 rings (SSSR count). The fourth-order valence-corrected chi connectivity index (χ4v) is 7.87. The van der Waals surface area contributed by atoms with Gasteiger partial charge in [0.15, 0.2) is 5.78 Å². The number of carbonyl (C=O) groups excluding carboxylic acids is 2. The Morgan fingerprint density at radius 2 is 1.36 bits per heavy atom. The van der Waals surface area contributed by atoms with E-state index < -0.39 is 35.8 Å². The lowest BCUT2D eigenvalue weighted by Crippen LogP contribution is -2.47. The van der Waals surface area contributed by atoms with Crippen molar-refractivity contribution in [1.29, 1.82) is 0 Å². The highest BCUT2D eigenvalue weighted by Crippen LogP contribution is 2.51. The number of allylic oxidation sites excluding steroid dienone is 1. The summed E-state index contributed by atoms with van der Waals surface area (Å²) in [6, 6.07) is 32.4. The summed E-state index contributed by atoms with van der Waals surface area (Å²) >= 11 is 0. The summed E-state index contributed by atoms with van der Waals surface area (Å²) in [5.74, 6) is -0.845. The normalized spacial score (nSPS) is 13.4. The van der Waals surface area contributed by atoms with E-state index in [9.17, 15) is 35.9 Å². The number of hydrogen-bond donors (Lipinski definition) is 3. The van der Waals surface area contributed by atoms with Gasteiger partial charge < -0.3 is 16.0 Å². The average molecular weight is 798 g/mol. The van der Waals surface area contributed by atoms with Gasteiger partial charge >= 0.3 is 12.4 Å². The van der Waals surface area contributed by atoms with Crippen molar-refractivity contribution >= 4 is 17.4 Å². The van der Waals surface area contributed by atoms with Gasteiger partial charge in [0.2, 0.25) is 5.91 Å². The van der Waals surface area contributed by atoms with E-state index in [-0.39, 0.29) is 12.2 Å². The molecule has 302 valence electrons. The molecule has 58 heavy (non-hydrogen) atoms. The Morgan fingerprint density at radius 1 is 0.724 bits per heavy atom. The molecule has 0 saturated heterocycles.